The molecule has 124 valence electrons. The molecule has 0 saturated heterocycles. The third-order valence-electron chi connectivity index (χ3n) is 3.61. The van der Waals surface area contributed by atoms with Gasteiger partial charge in [0.25, 0.3) is 0 Å². The van der Waals surface area contributed by atoms with Gasteiger partial charge in [0.05, 0.1) is 18.3 Å². The number of carbonyl (C=O) groups excluding carboxylic acids is 1. The molecule has 0 bridgehead atoms. The second-order valence-corrected chi connectivity index (χ2v) is 5.64. The highest BCUT2D eigenvalue weighted by atomic mass is 16.4. The van der Waals surface area contributed by atoms with Crippen molar-refractivity contribution in [1.82, 2.24) is 15.6 Å². The van der Waals surface area contributed by atoms with Crippen molar-refractivity contribution >= 4 is 6.03 Å². The van der Waals surface area contributed by atoms with Crippen LogP contribution in [0.4, 0.5) is 4.79 Å². The summed E-state index contributed by atoms with van der Waals surface area (Å²) >= 11 is 0. The van der Waals surface area contributed by atoms with Gasteiger partial charge in [-0.05, 0) is 32.8 Å². The molecule has 2 aromatic rings. The fourth-order valence-corrected chi connectivity index (χ4v) is 2.25. The van der Waals surface area contributed by atoms with Crippen LogP contribution in [0, 0.1) is 13.8 Å². The first-order valence-electron chi connectivity index (χ1n) is 7.66. The molecule has 1 heterocycles. The number of carbonyl (C=O) groups is 1. The Bertz CT molecular complexity index is 620. The summed E-state index contributed by atoms with van der Waals surface area (Å²) in [6.07, 6.45) is -0.169. The van der Waals surface area contributed by atoms with Crippen LogP contribution in [0.15, 0.2) is 34.7 Å². The minimum Gasteiger partial charge on any atom is -0.444 e. The van der Waals surface area contributed by atoms with Gasteiger partial charge in [0.15, 0.2) is 0 Å². The fraction of sp³-hybridized carbons (Fsp3) is 0.412. The van der Waals surface area contributed by atoms with Crippen molar-refractivity contribution < 1.29 is 14.3 Å². The third-order valence-corrected chi connectivity index (χ3v) is 3.61. The SMILES string of the molecule is Cc1nc(CNC(=O)N[C@H](C)C[C@@H](O)c2ccccc2)oc1C. The normalized spacial score (nSPS) is 13.4. The Hall–Kier alpha value is -2.34. The van der Waals surface area contributed by atoms with Crippen molar-refractivity contribution in [3.05, 3.63) is 53.2 Å². The molecule has 6 heteroatoms. The van der Waals surface area contributed by atoms with E-state index in [1.807, 2.05) is 51.1 Å². The van der Waals surface area contributed by atoms with Gasteiger partial charge in [-0.25, -0.2) is 9.78 Å². The van der Waals surface area contributed by atoms with Gasteiger partial charge in [-0.1, -0.05) is 30.3 Å². The van der Waals surface area contributed by atoms with Crippen molar-refractivity contribution in [2.45, 2.75) is 45.9 Å². The molecule has 0 unspecified atom stereocenters. The maximum Gasteiger partial charge on any atom is 0.315 e. The molecule has 0 fully saturated rings. The molecule has 2 rings (SSSR count). The monoisotopic (exact) mass is 317 g/mol. The van der Waals surface area contributed by atoms with Crippen LogP contribution in [0.1, 0.15) is 42.4 Å². The second kappa shape index (κ2) is 7.78. The van der Waals surface area contributed by atoms with Gasteiger partial charge in [0.1, 0.15) is 5.76 Å². The summed E-state index contributed by atoms with van der Waals surface area (Å²) in [5, 5.41) is 15.6. The lowest BCUT2D eigenvalue weighted by Gasteiger charge is -2.18. The van der Waals surface area contributed by atoms with E-state index >= 15 is 0 Å². The zero-order valence-corrected chi connectivity index (χ0v) is 13.7. The molecule has 2 atom stereocenters. The summed E-state index contributed by atoms with van der Waals surface area (Å²) in [4.78, 5) is 16.1. The van der Waals surface area contributed by atoms with Gasteiger partial charge in [0, 0.05) is 6.04 Å². The van der Waals surface area contributed by atoms with Gasteiger partial charge < -0.3 is 20.2 Å². The average Bonchev–Trinajstić information content (AvgIpc) is 2.84. The number of aryl methyl sites for hydroxylation is 2. The molecule has 0 radical (unpaired) electrons. The van der Waals surface area contributed by atoms with Gasteiger partial charge in [-0.2, -0.15) is 0 Å². The first-order valence-corrected chi connectivity index (χ1v) is 7.66. The van der Waals surface area contributed by atoms with Gasteiger partial charge >= 0.3 is 6.03 Å². The number of aliphatic hydroxyl groups is 1. The van der Waals surface area contributed by atoms with E-state index < -0.39 is 6.10 Å². The van der Waals surface area contributed by atoms with Crippen LogP contribution < -0.4 is 10.6 Å². The molecule has 2 amide bonds. The summed E-state index contributed by atoms with van der Waals surface area (Å²) in [7, 11) is 0. The number of hydrogen-bond acceptors (Lipinski definition) is 4. The number of oxazole rings is 1. The number of aliphatic hydroxyl groups excluding tert-OH is 1. The van der Waals surface area contributed by atoms with E-state index in [-0.39, 0.29) is 18.6 Å². The maximum absolute atomic E-state index is 11.9. The number of aromatic nitrogens is 1. The Morgan fingerprint density at radius 1 is 1.30 bits per heavy atom. The molecule has 1 aromatic heterocycles. The number of nitrogens with zero attached hydrogens (tertiary/aromatic N) is 1. The molecule has 0 saturated carbocycles. The largest absolute Gasteiger partial charge is 0.444 e. The third kappa shape index (κ3) is 5.10. The van der Waals surface area contributed by atoms with Crippen LogP contribution in [0.5, 0.6) is 0 Å². The maximum atomic E-state index is 11.9. The van der Waals surface area contributed by atoms with Crippen LogP contribution in [-0.4, -0.2) is 22.2 Å². The molecule has 3 N–H and O–H groups in total. The van der Waals surface area contributed by atoms with Crippen molar-refractivity contribution in [2.24, 2.45) is 0 Å². The molecule has 6 nitrogen and oxygen atoms in total. The standard InChI is InChI=1S/C17H23N3O3/c1-11(9-15(21)14-7-5-4-6-8-14)19-17(22)18-10-16-20-12(2)13(3)23-16/h4-8,11,15,21H,9-10H2,1-3H3,(H2,18,19,22)/t11-,15-/m1/s1. The minimum absolute atomic E-state index is 0.168. The summed E-state index contributed by atoms with van der Waals surface area (Å²) in [5.74, 6) is 1.23. The van der Waals surface area contributed by atoms with Crippen molar-refractivity contribution in [3.8, 4) is 0 Å². The van der Waals surface area contributed by atoms with E-state index in [0.717, 1.165) is 17.0 Å². The number of rotatable bonds is 6. The minimum atomic E-state index is -0.608. The van der Waals surface area contributed by atoms with E-state index in [9.17, 15) is 9.90 Å². The fourth-order valence-electron chi connectivity index (χ4n) is 2.25. The highest BCUT2D eigenvalue weighted by Crippen LogP contribution is 2.17. The Balaban J connectivity index is 1.76. The van der Waals surface area contributed by atoms with Crippen molar-refractivity contribution in [1.29, 1.82) is 0 Å². The number of hydrogen-bond donors (Lipinski definition) is 3. The summed E-state index contributed by atoms with van der Waals surface area (Å²) in [5.41, 5.74) is 1.66. The Kier molecular flexibility index (Phi) is 5.76. The van der Waals surface area contributed by atoms with Crippen LogP contribution in [-0.2, 0) is 6.54 Å². The smallest absolute Gasteiger partial charge is 0.315 e. The van der Waals surface area contributed by atoms with E-state index in [0.29, 0.717) is 12.3 Å². The zero-order valence-electron chi connectivity index (χ0n) is 13.7. The number of nitrogens with one attached hydrogen (secondary N) is 2. The zero-order chi connectivity index (χ0) is 16.8. The van der Waals surface area contributed by atoms with Gasteiger partial charge in [0.2, 0.25) is 5.89 Å². The topological polar surface area (TPSA) is 87.4 Å². The number of benzene rings is 1. The predicted molar refractivity (Wildman–Crippen MR) is 86.8 cm³/mol. The van der Waals surface area contributed by atoms with Crippen LogP contribution in [0.3, 0.4) is 0 Å². The van der Waals surface area contributed by atoms with E-state index in [4.69, 9.17) is 4.42 Å². The average molecular weight is 317 g/mol. The van der Waals surface area contributed by atoms with E-state index in [1.54, 1.807) is 0 Å². The predicted octanol–water partition coefficient (Wildman–Crippen LogP) is 2.60. The summed E-state index contributed by atoms with van der Waals surface area (Å²) in [6, 6.07) is 8.91. The first kappa shape index (κ1) is 17.0. The first-order chi connectivity index (χ1) is 11.0. The van der Waals surface area contributed by atoms with E-state index in [2.05, 4.69) is 15.6 Å². The highest BCUT2D eigenvalue weighted by molar-refractivity contribution is 5.74. The molecule has 0 aliphatic heterocycles. The Morgan fingerprint density at radius 3 is 2.61 bits per heavy atom. The molecule has 0 spiro atoms. The Labute approximate surface area is 135 Å². The lowest BCUT2D eigenvalue weighted by Crippen LogP contribution is -2.41. The van der Waals surface area contributed by atoms with Gasteiger partial charge in [-0.3, -0.25) is 0 Å². The second-order valence-electron chi connectivity index (χ2n) is 5.64. The Morgan fingerprint density at radius 2 is 2.00 bits per heavy atom. The highest BCUT2D eigenvalue weighted by Gasteiger charge is 2.14. The summed E-state index contributed by atoms with van der Waals surface area (Å²) in [6.45, 7) is 5.77. The number of urea groups is 1. The molecule has 23 heavy (non-hydrogen) atoms. The van der Waals surface area contributed by atoms with Crippen molar-refractivity contribution in [3.63, 3.8) is 0 Å². The molecule has 0 aliphatic carbocycles. The van der Waals surface area contributed by atoms with Crippen molar-refractivity contribution in [2.75, 3.05) is 0 Å². The van der Waals surface area contributed by atoms with E-state index in [1.165, 1.54) is 0 Å². The summed E-state index contributed by atoms with van der Waals surface area (Å²) < 4.78 is 5.40. The lowest BCUT2D eigenvalue weighted by atomic mass is 10.0. The van der Waals surface area contributed by atoms with Crippen LogP contribution in [0.25, 0.3) is 0 Å². The van der Waals surface area contributed by atoms with Crippen LogP contribution >= 0.6 is 0 Å². The molecular formula is C17H23N3O3. The molecule has 0 aliphatic rings. The molecule has 1 aromatic carbocycles. The number of amides is 2. The van der Waals surface area contributed by atoms with Crippen LogP contribution in [0.2, 0.25) is 0 Å². The molecular weight excluding hydrogens is 294 g/mol. The quantitative estimate of drug-likeness (QED) is 0.764. The van der Waals surface area contributed by atoms with Gasteiger partial charge in [-0.15, -0.1) is 0 Å². The lowest BCUT2D eigenvalue weighted by molar-refractivity contribution is 0.154.